The number of ketones is 1. The molecule has 0 bridgehead atoms. The second-order valence-electron chi connectivity index (χ2n) is 6.64. The van der Waals surface area contributed by atoms with E-state index in [1.165, 1.54) is 7.11 Å². The van der Waals surface area contributed by atoms with Crippen LogP contribution in [0.1, 0.15) is 32.7 Å². The summed E-state index contributed by atoms with van der Waals surface area (Å²) in [5.41, 5.74) is 4.38. The summed E-state index contributed by atoms with van der Waals surface area (Å²) < 4.78 is 6.64. The summed E-state index contributed by atoms with van der Waals surface area (Å²) in [6.45, 7) is 2.59. The lowest BCUT2D eigenvalue weighted by molar-refractivity contribution is -0.139. The number of benzene rings is 2. The van der Waals surface area contributed by atoms with Crippen LogP contribution in [0.5, 0.6) is 0 Å². The third kappa shape index (κ3) is 4.86. The van der Waals surface area contributed by atoms with Crippen LogP contribution in [0.2, 0.25) is 0 Å². The average Bonchev–Trinajstić information content (AvgIpc) is 3.17. The molecule has 28 heavy (non-hydrogen) atoms. The predicted octanol–water partition coefficient (Wildman–Crippen LogP) is 4.46. The molecule has 142 valence electrons. The molecule has 0 saturated carbocycles. The molecule has 0 unspecified atom stereocenters. The number of carbonyl (C=O) groups excluding carboxylic acids is 2. The summed E-state index contributed by atoms with van der Waals surface area (Å²) in [7, 11) is 1.39. The number of aryl methyl sites for hydroxylation is 1. The van der Waals surface area contributed by atoms with Crippen LogP contribution in [0, 0.1) is 6.92 Å². The van der Waals surface area contributed by atoms with Gasteiger partial charge in [-0.1, -0.05) is 66.2 Å². The fraction of sp³-hybridized carbons (Fsp3) is 0.167. The highest BCUT2D eigenvalue weighted by molar-refractivity contribution is 6.08. The van der Waals surface area contributed by atoms with Crippen LogP contribution in [-0.4, -0.2) is 23.4 Å². The first-order valence-corrected chi connectivity index (χ1v) is 9.15. The normalized spacial score (nSPS) is 10.9. The Kier molecular flexibility index (Phi) is 6.22. The Bertz CT molecular complexity index is 997. The van der Waals surface area contributed by atoms with E-state index in [1.54, 1.807) is 0 Å². The van der Waals surface area contributed by atoms with Crippen molar-refractivity contribution >= 4 is 17.8 Å². The summed E-state index contributed by atoms with van der Waals surface area (Å²) in [5, 5.41) is 0. The molecule has 0 spiro atoms. The smallest absolute Gasteiger partial charge is 0.309 e. The van der Waals surface area contributed by atoms with Gasteiger partial charge in [-0.2, -0.15) is 0 Å². The second kappa shape index (κ2) is 9.00. The van der Waals surface area contributed by atoms with Crippen molar-refractivity contribution in [3.8, 4) is 0 Å². The standard InChI is InChI=1S/C24H23NO3/c1-18-10-12-21(13-11-18)24(27)22-9-5-15-25(22)14-4-8-19-6-3-7-20(16-19)17-23(26)28-2/h3-13,15-16H,14,17H2,1-2H3. The van der Waals surface area contributed by atoms with Crippen molar-refractivity contribution < 1.29 is 14.3 Å². The fourth-order valence-electron chi connectivity index (χ4n) is 2.98. The largest absolute Gasteiger partial charge is 0.469 e. The zero-order valence-electron chi connectivity index (χ0n) is 16.1. The van der Waals surface area contributed by atoms with Gasteiger partial charge in [-0.05, 0) is 30.2 Å². The molecule has 0 N–H and O–H groups in total. The quantitative estimate of drug-likeness (QED) is 0.454. The summed E-state index contributed by atoms with van der Waals surface area (Å²) in [5.74, 6) is -0.244. The Labute approximate surface area is 165 Å². The molecule has 1 aromatic heterocycles. The van der Waals surface area contributed by atoms with Gasteiger partial charge in [0.25, 0.3) is 0 Å². The Morgan fingerprint density at radius 1 is 1.04 bits per heavy atom. The molecule has 0 fully saturated rings. The van der Waals surface area contributed by atoms with Crippen molar-refractivity contribution in [3.05, 3.63) is 101 Å². The molecule has 0 radical (unpaired) electrons. The molecule has 0 aliphatic heterocycles. The van der Waals surface area contributed by atoms with E-state index in [0.717, 1.165) is 16.7 Å². The minimum Gasteiger partial charge on any atom is -0.469 e. The van der Waals surface area contributed by atoms with E-state index in [9.17, 15) is 9.59 Å². The Hall–Kier alpha value is -3.40. The SMILES string of the molecule is COC(=O)Cc1cccc(C=CCn2cccc2C(=O)c2ccc(C)cc2)c1. The number of esters is 1. The second-order valence-corrected chi connectivity index (χ2v) is 6.64. The summed E-state index contributed by atoms with van der Waals surface area (Å²) in [4.78, 5) is 24.2. The van der Waals surface area contributed by atoms with E-state index in [0.29, 0.717) is 17.8 Å². The minimum absolute atomic E-state index is 0.0125. The maximum atomic E-state index is 12.8. The number of allylic oxidation sites excluding steroid dienone is 1. The van der Waals surface area contributed by atoms with Gasteiger partial charge in [0.1, 0.15) is 0 Å². The van der Waals surface area contributed by atoms with Crippen molar-refractivity contribution in [2.24, 2.45) is 0 Å². The van der Waals surface area contributed by atoms with E-state index in [1.807, 2.05) is 90.5 Å². The van der Waals surface area contributed by atoms with Crippen LogP contribution in [0.25, 0.3) is 6.08 Å². The molecule has 0 amide bonds. The maximum Gasteiger partial charge on any atom is 0.309 e. The number of hydrogen-bond acceptors (Lipinski definition) is 3. The lowest BCUT2D eigenvalue weighted by Gasteiger charge is -2.07. The van der Waals surface area contributed by atoms with Gasteiger partial charge in [0.15, 0.2) is 0 Å². The molecule has 4 nitrogen and oxygen atoms in total. The van der Waals surface area contributed by atoms with Gasteiger partial charge in [-0.15, -0.1) is 0 Å². The number of nitrogens with zero attached hydrogens (tertiary/aromatic N) is 1. The number of ether oxygens (including phenoxy) is 1. The Morgan fingerprint density at radius 2 is 1.82 bits per heavy atom. The van der Waals surface area contributed by atoms with E-state index < -0.39 is 0 Å². The molecule has 1 heterocycles. The summed E-state index contributed by atoms with van der Waals surface area (Å²) in [6.07, 6.45) is 6.15. The first-order chi connectivity index (χ1) is 13.6. The van der Waals surface area contributed by atoms with Crippen molar-refractivity contribution in [2.45, 2.75) is 19.9 Å². The third-order valence-corrected chi connectivity index (χ3v) is 4.52. The van der Waals surface area contributed by atoms with E-state index in [2.05, 4.69) is 0 Å². The van der Waals surface area contributed by atoms with Crippen LogP contribution in [0.15, 0.2) is 72.9 Å². The fourth-order valence-corrected chi connectivity index (χ4v) is 2.98. The highest BCUT2D eigenvalue weighted by Crippen LogP contribution is 2.13. The highest BCUT2D eigenvalue weighted by atomic mass is 16.5. The first kappa shape index (κ1) is 19.4. The van der Waals surface area contributed by atoms with Gasteiger partial charge >= 0.3 is 5.97 Å². The minimum atomic E-state index is -0.257. The summed E-state index contributed by atoms with van der Waals surface area (Å²) >= 11 is 0. The molecular weight excluding hydrogens is 350 g/mol. The van der Waals surface area contributed by atoms with Gasteiger partial charge < -0.3 is 9.30 Å². The van der Waals surface area contributed by atoms with Crippen LogP contribution in [0.3, 0.4) is 0 Å². The first-order valence-electron chi connectivity index (χ1n) is 9.15. The summed E-state index contributed by atoms with van der Waals surface area (Å²) in [6, 6.07) is 19.1. The molecular formula is C24H23NO3. The van der Waals surface area contributed by atoms with Gasteiger partial charge in [0, 0.05) is 18.3 Å². The van der Waals surface area contributed by atoms with Crippen LogP contribution in [0.4, 0.5) is 0 Å². The van der Waals surface area contributed by atoms with Crippen molar-refractivity contribution in [1.82, 2.24) is 4.57 Å². The van der Waals surface area contributed by atoms with Gasteiger partial charge in [-0.25, -0.2) is 0 Å². The number of methoxy groups -OCH3 is 1. The van der Waals surface area contributed by atoms with Gasteiger partial charge in [0.05, 0.1) is 19.2 Å². The maximum absolute atomic E-state index is 12.8. The number of carbonyl (C=O) groups is 2. The monoisotopic (exact) mass is 373 g/mol. The topological polar surface area (TPSA) is 48.3 Å². The number of aromatic nitrogens is 1. The molecule has 3 rings (SSSR count). The molecule has 2 aromatic carbocycles. The van der Waals surface area contributed by atoms with Gasteiger partial charge in [-0.3, -0.25) is 9.59 Å². The predicted molar refractivity (Wildman–Crippen MR) is 110 cm³/mol. The van der Waals surface area contributed by atoms with E-state index >= 15 is 0 Å². The van der Waals surface area contributed by atoms with Crippen molar-refractivity contribution in [1.29, 1.82) is 0 Å². The zero-order valence-corrected chi connectivity index (χ0v) is 16.1. The highest BCUT2D eigenvalue weighted by Gasteiger charge is 2.12. The third-order valence-electron chi connectivity index (χ3n) is 4.52. The average molecular weight is 373 g/mol. The lowest BCUT2D eigenvalue weighted by Crippen LogP contribution is -2.09. The van der Waals surface area contributed by atoms with E-state index in [-0.39, 0.29) is 18.2 Å². The number of hydrogen-bond donors (Lipinski definition) is 0. The molecule has 0 aliphatic rings. The van der Waals surface area contributed by atoms with Crippen LogP contribution >= 0.6 is 0 Å². The molecule has 3 aromatic rings. The Morgan fingerprint density at radius 3 is 2.57 bits per heavy atom. The molecule has 0 aliphatic carbocycles. The Balaban J connectivity index is 1.70. The van der Waals surface area contributed by atoms with Crippen molar-refractivity contribution in [3.63, 3.8) is 0 Å². The molecule has 0 atom stereocenters. The zero-order chi connectivity index (χ0) is 19.9. The van der Waals surface area contributed by atoms with Crippen LogP contribution in [-0.2, 0) is 22.5 Å². The van der Waals surface area contributed by atoms with Crippen molar-refractivity contribution in [2.75, 3.05) is 7.11 Å². The molecule has 0 saturated heterocycles. The molecule has 4 heteroatoms. The van der Waals surface area contributed by atoms with E-state index in [4.69, 9.17) is 4.74 Å². The lowest BCUT2D eigenvalue weighted by atomic mass is 10.1. The van der Waals surface area contributed by atoms with Crippen LogP contribution < -0.4 is 0 Å². The van der Waals surface area contributed by atoms with Gasteiger partial charge in [0.2, 0.25) is 5.78 Å². The number of rotatable bonds is 7.